The number of nitrogens with zero attached hydrogens (tertiary/aromatic N) is 1. The number of H-pyrrole nitrogens is 1. The van der Waals surface area contributed by atoms with Crippen molar-refractivity contribution < 1.29 is 4.79 Å². The van der Waals surface area contributed by atoms with Crippen molar-refractivity contribution in [1.82, 2.24) is 9.88 Å². The molecule has 0 bridgehead atoms. The summed E-state index contributed by atoms with van der Waals surface area (Å²) in [6, 6.07) is 7.60. The number of carbonyl (C=O) groups excluding carboxylic acids is 1. The molecule has 0 spiro atoms. The van der Waals surface area contributed by atoms with Crippen LogP contribution < -0.4 is 5.73 Å². The molecule has 0 saturated carbocycles. The van der Waals surface area contributed by atoms with Gasteiger partial charge in [0.15, 0.2) is 0 Å². The minimum Gasteiger partial charge on any atom is -0.399 e. The molecule has 1 atom stereocenters. The van der Waals surface area contributed by atoms with Crippen LogP contribution in [0, 0.1) is 5.41 Å². The average Bonchev–Trinajstić information content (AvgIpc) is 2.77. The Labute approximate surface area is 120 Å². The van der Waals surface area contributed by atoms with Crippen LogP contribution >= 0.6 is 0 Å². The first-order valence-electron chi connectivity index (χ1n) is 6.85. The summed E-state index contributed by atoms with van der Waals surface area (Å²) in [5, 5.41) is 0.963. The average molecular weight is 273 g/mol. The van der Waals surface area contributed by atoms with E-state index in [0.717, 1.165) is 10.9 Å². The summed E-state index contributed by atoms with van der Waals surface area (Å²) in [4.78, 5) is 17.5. The zero-order valence-electron chi connectivity index (χ0n) is 12.8. The van der Waals surface area contributed by atoms with Crippen molar-refractivity contribution >= 4 is 22.5 Å². The van der Waals surface area contributed by atoms with Gasteiger partial charge in [-0.05, 0) is 36.6 Å². The number of benzene rings is 1. The quantitative estimate of drug-likeness (QED) is 0.825. The molecule has 1 aromatic heterocycles. The summed E-state index contributed by atoms with van der Waals surface area (Å²) < 4.78 is 0. The number of hydrogen-bond acceptors (Lipinski definition) is 2. The fraction of sp³-hybridized carbons (Fsp3) is 0.438. The van der Waals surface area contributed by atoms with Crippen LogP contribution in [0.25, 0.3) is 10.9 Å². The number of aromatic nitrogens is 1. The Morgan fingerprint density at radius 3 is 2.55 bits per heavy atom. The van der Waals surface area contributed by atoms with E-state index >= 15 is 0 Å². The lowest BCUT2D eigenvalue weighted by Crippen LogP contribution is -2.43. The largest absolute Gasteiger partial charge is 0.399 e. The zero-order chi connectivity index (χ0) is 15.1. The van der Waals surface area contributed by atoms with Gasteiger partial charge in [0.05, 0.1) is 0 Å². The van der Waals surface area contributed by atoms with E-state index in [1.54, 1.807) is 4.90 Å². The van der Waals surface area contributed by atoms with Crippen molar-refractivity contribution in [3.63, 3.8) is 0 Å². The van der Waals surface area contributed by atoms with Gasteiger partial charge in [-0.25, -0.2) is 0 Å². The third-order valence-electron chi connectivity index (χ3n) is 4.03. The van der Waals surface area contributed by atoms with Crippen LogP contribution in [0.5, 0.6) is 0 Å². The van der Waals surface area contributed by atoms with Gasteiger partial charge in [0, 0.05) is 29.7 Å². The molecule has 1 heterocycles. The lowest BCUT2D eigenvalue weighted by molar-refractivity contribution is 0.0624. The maximum absolute atomic E-state index is 12.6. The predicted molar refractivity (Wildman–Crippen MR) is 83.7 cm³/mol. The minimum absolute atomic E-state index is 0.00203. The Morgan fingerprint density at radius 2 is 1.95 bits per heavy atom. The van der Waals surface area contributed by atoms with Crippen molar-refractivity contribution in [1.29, 1.82) is 0 Å². The standard InChI is InChI=1S/C16H23N3O/c1-10(16(2,3)4)19(5)15(20)14-9-11-8-12(17)6-7-13(11)18-14/h6-10,18H,17H2,1-5H3. The Morgan fingerprint density at radius 1 is 1.30 bits per heavy atom. The fourth-order valence-electron chi connectivity index (χ4n) is 2.21. The van der Waals surface area contributed by atoms with Crippen LogP contribution in [-0.2, 0) is 0 Å². The topological polar surface area (TPSA) is 62.1 Å². The lowest BCUT2D eigenvalue weighted by Gasteiger charge is -2.35. The molecule has 0 aliphatic heterocycles. The van der Waals surface area contributed by atoms with E-state index in [1.807, 2.05) is 31.3 Å². The molecule has 0 saturated heterocycles. The normalized spacial score (nSPS) is 13.4. The molecule has 1 unspecified atom stereocenters. The van der Waals surface area contributed by atoms with Gasteiger partial charge in [0.1, 0.15) is 5.69 Å². The van der Waals surface area contributed by atoms with Crippen LogP contribution in [0.1, 0.15) is 38.2 Å². The Kier molecular flexibility index (Phi) is 3.50. The molecule has 20 heavy (non-hydrogen) atoms. The van der Waals surface area contributed by atoms with Crippen LogP contribution in [0.4, 0.5) is 5.69 Å². The summed E-state index contributed by atoms with van der Waals surface area (Å²) in [5.74, 6) is 0.00203. The predicted octanol–water partition coefficient (Wildman–Crippen LogP) is 3.26. The van der Waals surface area contributed by atoms with Crippen LogP contribution in [0.2, 0.25) is 0 Å². The van der Waals surface area contributed by atoms with Crippen molar-refractivity contribution in [3.05, 3.63) is 30.0 Å². The maximum Gasteiger partial charge on any atom is 0.270 e. The van der Waals surface area contributed by atoms with Crippen molar-refractivity contribution in [3.8, 4) is 0 Å². The van der Waals surface area contributed by atoms with E-state index in [9.17, 15) is 4.79 Å². The molecule has 1 aromatic carbocycles. The number of anilines is 1. The molecule has 1 amide bonds. The highest BCUT2D eigenvalue weighted by Crippen LogP contribution is 2.25. The highest BCUT2D eigenvalue weighted by atomic mass is 16.2. The fourth-order valence-corrected chi connectivity index (χ4v) is 2.21. The van der Waals surface area contributed by atoms with Crippen LogP contribution in [0.3, 0.4) is 0 Å². The van der Waals surface area contributed by atoms with Gasteiger partial charge in [-0.1, -0.05) is 20.8 Å². The number of nitrogens with one attached hydrogen (secondary N) is 1. The van der Waals surface area contributed by atoms with Gasteiger partial charge >= 0.3 is 0 Å². The molecule has 0 aliphatic carbocycles. The third kappa shape index (κ3) is 2.64. The molecule has 0 radical (unpaired) electrons. The van der Waals surface area contributed by atoms with Gasteiger partial charge in [0.25, 0.3) is 5.91 Å². The van der Waals surface area contributed by atoms with Crippen molar-refractivity contribution in [2.24, 2.45) is 5.41 Å². The van der Waals surface area contributed by atoms with Gasteiger partial charge in [-0.3, -0.25) is 4.79 Å². The number of rotatable bonds is 2. The van der Waals surface area contributed by atoms with Crippen LogP contribution in [-0.4, -0.2) is 28.9 Å². The first-order chi connectivity index (χ1) is 9.20. The van der Waals surface area contributed by atoms with E-state index in [-0.39, 0.29) is 17.4 Å². The minimum atomic E-state index is 0.00203. The highest BCUT2D eigenvalue weighted by Gasteiger charge is 2.28. The van der Waals surface area contributed by atoms with E-state index in [0.29, 0.717) is 11.4 Å². The highest BCUT2D eigenvalue weighted by molar-refractivity contribution is 5.98. The first kappa shape index (κ1) is 14.4. The van der Waals surface area contributed by atoms with Gasteiger partial charge in [-0.2, -0.15) is 0 Å². The molecule has 3 N–H and O–H groups in total. The Balaban J connectivity index is 2.31. The zero-order valence-corrected chi connectivity index (χ0v) is 12.8. The van der Waals surface area contributed by atoms with E-state index in [4.69, 9.17) is 5.73 Å². The second kappa shape index (κ2) is 4.85. The summed E-state index contributed by atoms with van der Waals surface area (Å²) in [6.45, 7) is 8.46. The summed E-state index contributed by atoms with van der Waals surface area (Å²) in [5.41, 5.74) is 8.04. The molecule has 0 aliphatic rings. The van der Waals surface area contributed by atoms with E-state index in [1.165, 1.54) is 0 Å². The monoisotopic (exact) mass is 273 g/mol. The Bertz CT molecular complexity index is 637. The number of nitrogens with two attached hydrogens (primary N) is 1. The summed E-state index contributed by atoms with van der Waals surface area (Å²) >= 11 is 0. The molecule has 0 fully saturated rings. The maximum atomic E-state index is 12.6. The number of aromatic amines is 1. The lowest BCUT2D eigenvalue weighted by atomic mass is 9.87. The molecular formula is C16H23N3O. The third-order valence-corrected chi connectivity index (χ3v) is 4.03. The van der Waals surface area contributed by atoms with Gasteiger partial charge < -0.3 is 15.6 Å². The van der Waals surface area contributed by atoms with E-state index in [2.05, 4.69) is 32.7 Å². The molecule has 2 aromatic rings. The first-order valence-corrected chi connectivity index (χ1v) is 6.85. The number of carbonyl (C=O) groups is 1. The van der Waals surface area contributed by atoms with Crippen LogP contribution in [0.15, 0.2) is 24.3 Å². The second-order valence-corrected chi connectivity index (χ2v) is 6.49. The molecule has 4 nitrogen and oxygen atoms in total. The number of nitrogen functional groups attached to an aromatic ring is 1. The SMILES string of the molecule is CC(N(C)C(=O)c1cc2cc(N)ccc2[nH]1)C(C)(C)C. The molecule has 108 valence electrons. The van der Waals surface area contributed by atoms with Gasteiger partial charge in [-0.15, -0.1) is 0 Å². The second-order valence-electron chi connectivity index (χ2n) is 6.49. The molecule has 2 rings (SSSR count). The summed E-state index contributed by atoms with van der Waals surface area (Å²) in [7, 11) is 1.85. The van der Waals surface area contributed by atoms with Crippen molar-refractivity contribution in [2.75, 3.05) is 12.8 Å². The number of amides is 1. The smallest absolute Gasteiger partial charge is 0.270 e. The molecular weight excluding hydrogens is 250 g/mol. The Hall–Kier alpha value is -1.97. The van der Waals surface area contributed by atoms with E-state index < -0.39 is 0 Å². The molecule has 4 heteroatoms. The number of fused-ring (bicyclic) bond motifs is 1. The van der Waals surface area contributed by atoms with Crippen molar-refractivity contribution in [2.45, 2.75) is 33.7 Å². The number of hydrogen-bond donors (Lipinski definition) is 2. The summed E-state index contributed by atoms with van der Waals surface area (Å²) in [6.07, 6.45) is 0. The van der Waals surface area contributed by atoms with Gasteiger partial charge in [0.2, 0.25) is 0 Å².